The first-order valence-electron chi connectivity index (χ1n) is 6.89. The zero-order valence-electron chi connectivity index (χ0n) is 11.4. The van der Waals surface area contributed by atoms with Crippen LogP contribution in [-0.2, 0) is 13.6 Å². The molecule has 1 aromatic rings. The summed E-state index contributed by atoms with van der Waals surface area (Å²) in [6.45, 7) is 5.42. The molecule has 0 aliphatic heterocycles. The molecular formula is C14H25N3. The molecule has 1 aliphatic rings. The lowest BCUT2D eigenvalue weighted by Crippen LogP contribution is -2.34. The fraction of sp³-hybridized carbons (Fsp3) is 0.786. The van der Waals surface area contributed by atoms with Gasteiger partial charge >= 0.3 is 0 Å². The standard InChI is InChI=1S/C14H25N3/c1-11(13-7-5-4-6-8-13)15-9-14-10-16-17(3)12(14)2/h10-11,13,15H,4-9H2,1-3H3. The van der Waals surface area contributed by atoms with Crippen molar-refractivity contribution < 1.29 is 0 Å². The lowest BCUT2D eigenvalue weighted by Gasteiger charge is -2.28. The molecule has 0 spiro atoms. The Morgan fingerprint density at radius 1 is 1.41 bits per heavy atom. The lowest BCUT2D eigenvalue weighted by molar-refractivity contribution is 0.280. The van der Waals surface area contributed by atoms with Crippen molar-refractivity contribution in [3.05, 3.63) is 17.5 Å². The number of rotatable bonds is 4. The number of aromatic nitrogens is 2. The highest BCUT2D eigenvalue weighted by molar-refractivity contribution is 5.15. The average molecular weight is 235 g/mol. The van der Waals surface area contributed by atoms with E-state index in [-0.39, 0.29) is 0 Å². The first-order chi connectivity index (χ1) is 8.18. The van der Waals surface area contributed by atoms with Crippen LogP contribution in [0.2, 0.25) is 0 Å². The van der Waals surface area contributed by atoms with Gasteiger partial charge in [0.15, 0.2) is 0 Å². The summed E-state index contributed by atoms with van der Waals surface area (Å²) in [6, 6.07) is 0.634. The van der Waals surface area contributed by atoms with Gasteiger partial charge in [0.2, 0.25) is 0 Å². The summed E-state index contributed by atoms with van der Waals surface area (Å²) < 4.78 is 1.95. The summed E-state index contributed by atoms with van der Waals surface area (Å²) in [5.41, 5.74) is 2.60. The minimum atomic E-state index is 0.634. The average Bonchev–Trinajstić information content (AvgIpc) is 2.68. The van der Waals surface area contributed by atoms with E-state index in [2.05, 4.69) is 24.3 Å². The predicted octanol–water partition coefficient (Wildman–Crippen LogP) is 2.79. The maximum atomic E-state index is 4.28. The van der Waals surface area contributed by atoms with Gasteiger partial charge in [-0.2, -0.15) is 5.10 Å². The van der Waals surface area contributed by atoms with Gasteiger partial charge in [0.05, 0.1) is 6.20 Å². The predicted molar refractivity (Wildman–Crippen MR) is 70.8 cm³/mol. The van der Waals surface area contributed by atoms with E-state index >= 15 is 0 Å². The van der Waals surface area contributed by atoms with E-state index in [1.54, 1.807) is 0 Å². The van der Waals surface area contributed by atoms with Crippen molar-refractivity contribution in [2.24, 2.45) is 13.0 Å². The molecule has 3 nitrogen and oxygen atoms in total. The molecule has 1 saturated carbocycles. The summed E-state index contributed by atoms with van der Waals surface area (Å²) in [6.07, 6.45) is 9.06. The zero-order valence-corrected chi connectivity index (χ0v) is 11.4. The van der Waals surface area contributed by atoms with Crippen molar-refractivity contribution in [3.8, 4) is 0 Å². The van der Waals surface area contributed by atoms with Crippen LogP contribution in [0, 0.1) is 12.8 Å². The fourth-order valence-electron chi connectivity index (χ4n) is 2.79. The van der Waals surface area contributed by atoms with Crippen molar-refractivity contribution >= 4 is 0 Å². The van der Waals surface area contributed by atoms with Gasteiger partial charge in [0, 0.05) is 30.9 Å². The summed E-state index contributed by atoms with van der Waals surface area (Å²) in [5.74, 6) is 0.876. The second kappa shape index (κ2) is 5.67. The van der Waals surface area contributed by atoms with E-state index in [0.29, 0.717) is 6.04 Å². The number of aryl methyl sites for hydroxylation is 1. The lowest BCUT2D eigenvalue weighted by atomic mass is 9.84. The second-order valence-electron chi connectivity index (χ2n) is 5.45. The van der Waals surface area contributed by atoms with Gasteiger partial charge in [-0.1, -0.05) is 19.3 Å². The molecule has 1 aromatic heterocycles. The maximum Gasteiger partial charge on any atom is 0.0537 e. The number of nitrogens with zero attached hydrogens (tertiary/aromatic N) is 2. The topological polar surface area (TPSA) is 29.9 Å². The second-order valence-corrected chi connectivity index (χ2v) is 5.45. The van der Waals surface area contributed by atoms with Crippen molar-refractivity contribution in [1.29, 1.82) is 0 Å². The van der Waals surface area contributed by atoms with Crippen LogP contribution in [0.4, 0.5) is 0 Å². The normalized spacial score (nSPS) is 19.5. The quantitative estimate of drug-likeness (QED) is 0.869. The Morgan fingerprint density at radius 2 is 2.12 bits per heavy atom. The molecule has 1 aliphatic carbocycles. The van der Waals surface area contributed by atoms with Crippen LogP contribution in [-0.4, -0.2) is 15.8 Å². The van der Waals surface area contributed by atoms with Gasteiger partial charge in [0.1, 0.15) is 0 Å². The van der Waals surface area contributed by atoms with Crippen LogP contribution in [0.1, 0.15) is 50.3 Å². The molecule has 17 heavy (non-hydrogen) atoms. The molecule has 0 saturated heterocycles. The van der Waals surface area contributed by atoms with Crippen LogP contribution >= 0.6 is 0 Å². The third-order valence-electron chi connectivity index (χ3n) is 4.31. The maximum absolute atomic E-state index is 4.28. The highest BCUT2D eigenvalue weighted by atomic mass is 15.3. The zero-order chi connectivity index (χ0) is 12.3. The minimum Gasteiger partial charge on any atom is -0.310 e. The third kappa shape index (κ3) is 3.09. The SMILES string of the molecule is Cc1c(CNC(C)C2CCCCC2)cnn1C. The Labute approximate surface area is 105 Å². The Bertz CT molecular complexity index is 350. The fourth-order valence-corrected chi connectivity index (χ4v) is 2.79. The molecule has 1 fully saturated rings. The molecule has 96 valence electrons. The minimum absolute atomic E-state index is 0.634. The molecule has 1 atom stereocenters. The highest BCUT2D eigenvalue weighted by Gasteiger charge is 2.19. The summed E-state index contributed by atoms with van der Waals surface area (Å²) in [7, 11) is 2.00. The van der Waals surface area contributed by atoms with Crippen molar-refractivity contribution in [3.63, 3.8) is 0 Å². The highest BCUT2D eigenvalue weighted by Crippen LogP contribution is 2.26. The molecule has 2 rings (SSSR count). The van der Waals surface area contributed by atoms with Gasteiger partial charge in [0.25, 0.3) is 0 Å². The molecule has 1 unspecified atom stereocenters. The molecule has 1 N–H and O–H groups in total. The molecule has 0 aromatic carbocycles. The van der Waals surface area contributed by atoms with E-state index in [0.717, 1.165) is 12.5 Å². The summed E-state index contributed by atoms with van der Waals surface area (Å²) in [5, 5.41) is 7.95. The molecule has 0 amide bonds. The van der Waals surface area contributed by atoms with E-state index in [4.69, 9.17) is 0 Å². The molecule has 3 heteroatoms. The van der Waals surface area contributed by atoms with E-state index in [9.17, 15) is 0 Å². The number of nitrogens with one attached hydrogen (secondary N) is 1. The van der Waals surface area contributed by atoms with E-state index in [1.807, 2.05) is 17.9 Å². The van der Waals surface area contributed by atoms with Gasteiger partial charge in [-0.15, -0.1) is 0 Å². The Kier molecular flexibility index (Phi) is 4.21. The Morgan fingerprint density at radius 3 is 2.71 bits per heavy atom. The smallest absolute Gasteiger partial charge is 0.0537 e. The molecular weight excluding hydrogens is 210 g/mol. The number of hydrogen-bond donors (Lipinski definition) is 1. The first-order valence-corrected chi connectivity index (χ1v) is 6.89. The van der Waals surface area contributed by atoms with Crippen molar-refractivity contribution in [1.82, 2.24) is 15.1 Å². The van der Waals surface area contributed by atoms with Crippen LogP contribution in [0.15, 0.2) is 6.20 Å². The Hall–Kier alpha value is -0.830. The largest absolute Gasteiger partial charge is 0.310 e. The van der Waals surface area contributed by atoms with Gasteiger partial charge in [-0.3, -0.25) is 4.68 Å². The summed E-state index contributed by atoms with van der Waals surface area (Å²) in [4.78, 5) is 0. The van der Waals surface area contributed by atoms with Crippen LogP contribution < -0.4 is 5.32 Å². The molecule has 1 heterocycles. The molecule has 0 bridgehead atoms. The molecule has 0 radical (unpaired) electrons. The van der Waals surface area contributed by atoms with Crippen LogP contribution in [0.5, 0.6) is 0 Å². The monoisotopic (exact) mass is 235 g/mol. The van der Waals surface area contributed by atoms with Gasteiger partial charge in [-0.05, 0) is 32.6 Å². The van der Waals surface area contributed by atoms with Crippen molar-refractivity contribution in [2.75, 3.05) is 0 Å². The van der Waals surface area contributed by atoms with Crippen LogP contribution in [0.25, 0.3) is 0 Å². The van der Waals surface area contributed by atoms with Gasteiger partial charge in [-0.25, -0.2) is 0 Å². The van der Waals surface area contributed by atoms with E-state index < -0.39 is 0 Å². The Balaban J connectivity index is 1.83. The number of hydrogen-bond acceptors (Lipinski definition) is 2. The van der Waals surface area contributed by atoms with E-state index in [1.165, 1.54) is 43.4 Å². The van der Waals surface area contributed by atoms with Crippen molar-refractivity contribution in [2.45, 2.75) is 58.5 Å². The first kappa shape index (κ1) is 12.6. The third-order valence-corrected chi connectivity index (χ3v) is 4.31. The van der Waals surface area contributed by atoms with Gasteiger partial charge < -0.3 is 5.32 Å². The van der Waals surface area contributed by atoms with Crippen LogP contribution in [0.3, 0.4) is 0 Å². The summed E-state index contributed by atoms with van der Waals surface area (Å²) >= 11 is 0.